The number of carboxylic acids is 1. The lowest BCUT2D eigenvalue weighted by Crippen LogP contribution is -2.41. The third-order valence-corrected chi connectivity index (χ3v) is 3.03. The molecule has 0 bridgehead atoms. The number of aliphatic carboxylic acids is 1. The minimum Gasteiger partial charge on any atom is -0.480 e. The molecule has 100 valence electrons. The molecule has 0 radical (unpaired) electrons. The van der Waals surface area contributed by atoms with E-state index in [-0.39, 0.29) is 18.9 Å². The predicted octanol–water partition coefficient (Wildman–Crippen LogP) is 0.227. The Bertz CT molecular complexity index is 433. The van der Waals surface area contributed by atoms with Crippen molar-refractivity contribution in [1.29, 1.82) is 0 Å². The zero-order valence-corrected chi connectivity index (χ0v) is 10.9. The van der Waals surface area contributed by atoms with Gasteiger partial charge in [-0.25, -0.2) is 4.79 Å². The highest BCUT2D eigenvalue weighted by molar-refractivity contribution is 7.08. The van der Waals surface area contributed by atoms with E-state index in [4.69, 9.17) is 10.2 Å². The highest BCUT2D eigenvalue weighted by Gasteiger charge is 2.24. The number of rotatable bonds is 6. The number of hydrogen-bond donors (Lipinski definition) is 3. The van der Waals surface area contributed by atoms with Gasteiger partial charge in [-0.1, -0.05) is 18.3 Å². The molecule has 0 aliphatic carbocycles. The molecule has 1 aromatic rings. The van der Waals surface area contributed by atoms with E-state index in [0.717, 1.165) is 11.5 Å². The van der Waals surface area contributed by atoms with Crippen LogP contribution in [0.25, 0.3) is 0 Å². The molecule has 0 aliphatic rings. The van der Waals surface area contributed by atoms with Crippen LogP contribution in [-0.4, -0.2) is 44.3 Å². The number of aliphatic hydroxyl groups is 1. The van der Waals surface area contributed by atoms with Gasteiger partial charge in [0.25, 0.3) is 5.91 Å². The van der Waals surface area contributed by atoms with Gasteiger partial charge in [-0.15, -0.1) is 5.10 Å². The van der Waals surface area contributed by atoms with Crippen LogP contribution in [0.2, 0.25) is 0 Å². The molecule has 1 aromatic heterocycles. The topological polar surface area (TPSA) is 112 Å². The zero-order chi connectivity index (χ0) is 13.7. The first kappa shape index (κ1) is 14.5. The van der Waals surface area contributed by atoms with Crippen LogP contribution in [0.4, 0.5) is 0 Å². The van der Waals surface area contributed by atoms with Crippen molar-refractivity contribution in [2.45, 2.75) is 32.2 Å². The van der Waals surface area contributed by atoms with Crippen molar-refractivity contribution in [2.75, 3.05) is 6.61 Å². The summed E-state index contributed by atoms with van der Waals surface area (Å²) in [6, 6.07) is -1.11. The Hall–Kier alpha value is -1.54. The molecule has 1 unspecified atom stereocenters. The normalized spacial score (nSPS) is 12.4. The number of aliphatic hydroxyl groups excluding tert-OH is 1. The van der Waals surface area contributed by atoms with Crippen LogP contribution in [-0.2, 0) is 4.79 Å². The fourth-order valence-electron chi connectivity index (χ4n) is 1.34. The van der Waals surface area contributed by atoms with Crippen molar-refractivity contribution in [3.8, 4) is 0 Å². The molecule has 0 saturated carbocycles. The summed E-state index contributed by atoms with van der Waals surface area (Å²) in [5.74, 6) is -1.67. The summed E-state index contributed by atoms with van der Waals surface area (Å²) in [5, 5.41) is 23.8. The largest absolute Gasteiger partial charge is 0.480 e. The quantitative estimate of drug-likeness (QED) is 0.683. The second-order valence-corrected chi connectivity index (χ2v) is 4.77. The molecule has 1 amide bonds. The smallest absolute Gasteiger partial charge is 0.326 e. The van der Waals surface area contributed by atoms with Crippen LogP contribution in [0.1, 0.15) is 41.6 Å². The number of carbonyl (C=O) groups excluding carboxylic acids is 1. The molecule has 0 fully saturated rings. The Morgan fingerprint density at radius 1 is 1.44 bits per heavy atom. The highest BCUT2D eigenvalue weighted by atomic mass is 32.1. The lowest BCUT2D eigenvalue weighted by Gasteiger charge is -2.13. The van der Waals surface area contributed by atoms with Crippen LogP contribution >= 0.6 is 11.5 Å². The van der Waals surface area contributed by atoms with Crippen molar-refractivity contribution in [2.24, 2.45) is 0 Å². The van der Waals surface area contributed by atoms with Crippen molar-refractivity contribution in [1.82, 2.24) is 14.9 Å². The summed E-state index contributed by atoms with van der Waals surface area (Å²) in [4.78, 5) is 23.1. The molecule has 0 saturated heterocycles. The molecule has 8 heteroatoms. The summed E-state index contributed by atoms with van der Waals surface area (Å²) >= 11 is 0.929. The fourth-order valence-corrected chi connectivity index (χ4v) is 2.07. The maximum Gasteiger partial charge on any atom is 0.326 e. The molecule has 0 aromatic carbocycles. The SMILES string of the molecule is CC(C)c1nnsc1C(=O)NC(CCO)C(=O)O. The maximum atomic E-state index is 11.9. The van der Waals surface area contributed by atoms with Crippen LogP contribution in [0.15, 0.2) is 0 Å². The van der Waals surface area contributed by atoms with Crippen molar-refractivity contribution in [3.05, 3.63) is 10.6 Å². The van der Waals surface area contributed by atoms with Gasteiger partial charge in [0.15, 0.2) is 0 Å². The van der Waals surface area contributed by atoms with E-state index >= 15 is 0 Å². The first-order chi connectivity index (χ1) is 8.47. The summed E-state index contributed by atoms with van der Waals surface area (Å²) in [5.41, 5.74) is 0.547. The number of amides is 1. The molecule has 1 rings (SSSR count). The molecule has 7 nitrogen and oxygen atoms in total. The van der Waals surface area contributed by atoms with Crippen molar-refractivity contribution < 1.29 is 19.8 Å². The maximum absolute atomic E-state index is 11.9. The first-order valence-electron chi connectivity index (χ1n) is 5.44. The van der Waals surface area contributed by atoms with Crippen LogP contribution in [0.5, 0.6) is 0 Å². The van der Waals surface area contributed by atoms with Gasteiger partial charge < -0.3 is 15.5 Å². The Morgan fingerprint density at radius 2 is 2.11 bits per heavy atom. The molecular weight excluding hydrogens is 258 g/mol. The minimum atomic E-state index is -1.18. The molecule has 1 atom stereocenters. The van der Waals surface area contributed by atoms with Gasteiger partial charge in [-0.2, -0.15) is 0 Å². The van der Waals surface area contributed by atoms with Gasteiger partial charge >= 0.3 is 5.97 Å². The summed E-state index contributed by atoms with van der Waals surface area (Å²) in [6.45, 7) is 3.43. The van der Waals surface area contributed by atoms with Crippen LogP contribution < -0.4 is 5.32 Å². The number of carbonyl (C=O) groups is 2. The minimum absolute atomic E-state index is 0.0330. The van der Waals surface area contributed by atoms with Gasteiger partial charge in [0.05, 0.1) is 5.69 Å². The Morgan fingerprint density at radius 3 is 2.61 bits per heavy atom. The number of nitrogens with zero attached hydrogens (tertiary/aromatic N) is 2. The Kier molecular flexibility index (Phi) is 5.17. The molecular formula is C10H15N3O4S. The monoisotopic (exact) mass is 273 g/mol. The second-order valence-electron chi connectivity index (χ2n) is 4.02. The van der Waals surface area contributed by atoms with E-state index in [2.05, 4.69) is 14.9 Å². The van der Waals surface area contributed by atoms with E-state index in [1.807, 2.05) is 13.8 Å². The predicted molar refractivity (Wildman–Crippen MR) is 64.6 cm³/mol. The second kappa shape index (κ2) is 6.41. The van der Waals surface area contributed by atoms with Gasteiger partial charge in [-0.3, -0.25) is 4.79 Å². The van der Waals surface area contributed by atoms with Crippen molar-refractivity contribution >= 4 is 23.4 Å². The number of aromatic nitrogens is 2. The Labute approximate surface area is 108 Å². The number of nitrogens with one attached hydrogen (secondary N) is 1. The molecule has 18 heavy (non-hydrogen) atoms. The highest BCUT2D eigenvalue weighted by Crippen LogP contribution is 2.19. The van der Waals surface area contributed by atoms with Crippen molar-refractivity contribution in [3.63, 3.8) is 0 Å². The van der Waals surface area contributed by atoms with Crippen LogP contribution in [0.3, 0.4) is 0 Å². The van der Waals surface area contributed by atoms with E-state index in [0.29, 0.717) is 10.6 Å². The zero-order valence-electron chi connectivity index (χ0n) is 10.1. The standard InChI is InChI=1S/C10H15N3O4S/c1-5(2)7-8(18-13-12-7)9(15)11-6(3-4-14)10(16)17/h5-6,14H,3-4H2,1-2H3,(H,11,15)(H,16,17). The van der Waals surface area contributed by atoms with Gasteiger partial charge in [0.1, 0.15) is 10.9 Å². The number of hydrogen-bond acceptors (Lipinski definition) is 6. The summed E-state index contributed by atoms with van der Waals surface area (Å²) in [6.07, 6.45) is -0.0374. The molecule has 3 N–H and O–H groups in total. The molecule has 1 heterocycles. The summed E-state index contributed by atoms with van der Waals surface area (Å²) in [7, 11) is 0. The third-order valence-electron chi connectivity index (χ3n) is 2.29. The van der Waals surface area contributed by atoms with E-state index < -0.39 is 17.9 Å². The van der Waals surface area contributed by atoms with Gasteiger partial charge in [-0.05, 0) is 17.5 Å². The third kappa shape index (κ3) is 3.47. The van der Waals surface area contributed by atoms with Gasteiger partial charge in [0.2, 0.25) is 0 Å². The van der Waals surface area contributed by atoms with E-state index in [1.165, 1.54) is 0 Å². The molecule has 0 spiro atoms. The van der Waals surface area contributed by atoms with E-state index in [9.17, 15) is 9.59 Å². The Balaban J connectivity index is 2.80. The molecule has 0 aliphatic heterocycles. The average Bonchev–Trinajstić information content (AvgIpc) is 2.77. The van der Waals surface area contributed by atoms with Gasteiger partial charge in [0, 0.05) is 13.0 Å². The first-order valence-corrected chi connectivity index (χ1v) is 6.21. The fraction of sp³-hybridized carbons (Fsp3) is 0.600. The van der Waals surface area contributed by atoms with E-state index in [1.54, 1.807) is 0 Å². The number of carboxylic acid groups (broad SMARTS) is 1. The lowest BCUT2D eigenvalue weighted by atomic mass is 10.1. The average molecular weight is 273 g/mol. The van der Waals surface area contributed by atoms with Crippen LogP contribution in [0, 0.1) is 0 Å². The lowest BCUT2D eigenvalue weighted by molar-refractivity contribution is -0.139. The summed E-state index contributed by atoms with van der Waals surface area (Å²) < 4.78 is 3.70.